The Hall–Kier alpha value is -1.01. The molecule has 1 aliphatic heterocycles. The van der Waals surface area contributed by atoms with Gasteiger partial charge in [-0.1, -0.05) is 36.2 Å². The summed E-state index contributed by atoms with van der Waals surface area (Å²) in [6, 6.07) is 6.00. The van der Waals surface area contributed by atoms with Gasteiger partial charge < -0.3 is 15.5 Å². The molecule has 0 amide bonds. The van der Waals surface area contributed by atoms with Crippen molar-refractivity contribution >= 4 is 29.2 Å². The second-order valence-corrected chi connectivity index (χ2v) is 7.21. The van der Waals surface area contributed by atoms with Crippen LogP contribution in [0.5, 0.6) is 0 Å². The number of rotatable bonds is 6. The number of nitrogens with one attached hydrogen (secondary N) is 2. The number of aliphatic imine (C=N–C) groups is 1. The van der Waals surface area contributed by atoms with E-state index in [-0.39, 0.29) is 0 Å². The summed E-state index contributed by atoms with van der Waals surface area (Å²) in [5, 5.41) is 8.02. The SMILES string of the molecule is CCN1CCN(C(C)CNC(=NC)NCc2ccc(Cl)cc2Cl)CC1. The maximum absolute atomic E-state index is 6.21. The first-order valence-corrected chi connectivity index (χ1v) is 9.64. The van der Waals surface area contributed by atoms with Crippen LogP contribution in [0.25, 0.3) is 0 Å². The van der Waals surface area contributed by atoms with Crippen LogP contribution in [0, 0.1) is 0 Å². The molecule has 1 aromatic carbocycles. The fraction of sp³-hybridized carbons (Fsp3) is 0.611. The number of hydrogen-bond acceptors (Lipinski definition) is 3. The zero-order valence-electron chi connectivity index (χ0n) is 15.4. The van der Waals surface area contributed by atoms with Crippen LogP contribution >= 0.6 is 23.2 Å². The molecule has 0 radical (unpaired) electrons. The molecule has 1 aromatic rings. The van der Waals surface area contributed by atoms with Crippen molar-refractivity contribution in [2.75, 3.05) is 46.3 Å². The van der Waals surface area contributed by atoms with Crippen LogP contribution < -0.4 is 10.6 Å². The molecule has 5 nitrogen and oxygen atoms in total. The molecule has 1 unspecified atom stereocenters. The zero-order chi connectivity index (χ0) is 18.2. The second-order valence-electron chi connectivity index (χ2n) is 6.36. The molecule has 2 N–H and O–H groups in total. The third-order valence-electron chi connectivity index (χ3n) is 4.73. The van der Waals surface area contributed by atoms with E-state index in [4.69, 9.17) is 23.2 Å². The first-order chi connectivity index (χ1) is 12.0. The van der Waals surface area contributed by atoms with Gasteiger partial charge >= 0.3 is 0 Å². The molecule has 0 bridgehead atoms. The number of benzene rings is 1. The predicted octanol–water partition coefficient (Wildman–Crippen LogP) is 2.68. The fourth-order valence-electron chi connectivity index (χ4n) is 2.96. The van der Waals surface area contributed by atoms with Gasteiger partial charge in [0.15, 0.2) is 5.96 Å². The van der Waals surface area contributed by atoms with Crippen molar-refractivity contribution in [3.8, 4) is 0 Å². The van der Waals surface area contributed by atoms with Crippen molar-refractivity contribution in [2.24, 2.45) is 4.99 Å². The van der Waals surface area contributed by atoms with Gasteiger partial charge in [0.05, 0.1) is 0 Å². The summed E-state index contributed by atoms with van der Waals surface area (Å²) in [6.07, 6.45) is 0. The monoisotopic (exact) mass is 385 g/mol. The Morgan fingerprint density at radius 2 is 1.92 bits per heavy atom. The zero-order valence-corrected chi connectivity index (χ0v) is 16.9. The van der Waals surface area contributed by atoms with E-state index in [0.29, 0.717) is 22.6 Å². The van der Waals surface area contributed by atoms with Crippen molar-refractivity contribution in [3.05, 3.63) is 33.8 Å². The lowest BCUT2D eigenvalue weighted by molar-refractivity contribution is 0.107. The van der Waals surface area contributed by atoms with Crippen molar-refractivity contribution in [1.82, 2.24) is 20.4 Å². The number of piperazine rings is 1. The van der Waals surface area contributed by atoms with E-state index in [2.05, 4.69) is 39.3 Å². The van der Waals surface area contributed by atoms with Crippen LogP contribution in [0.1, 0.15) is 19.4 Å². The number of halogens is 2. The van der Waals surface area contributed by atoms with Crippen LogP contribution in [0.15, 0.2) is 23.2 Å². The van der Waals surface area contributed by atoms with E-state index in [1.165, 1.54) is 0 Å². The molecule has 0 saturated carbocycles. The molecule has 1 heterocycles. The van der Waals surface area contributed by atoms with E-state index in [1.807, 2.05) is 12.1 Å². The summed E-state index contributed by atoms with van der Waals surface area (Å²) < 4.78 is 0. The second kappa shape index (κ2) is 10.2. The van der Waals surface area contributed by atoms with Crippen LogP contribution in [0.4, 0.5) is 0 Å². The number of guanidine groups is 1. The molecule has 25 heavy (non-hydrogen) atoms. The standard InChI is InChI=1S/C18H29Cl2N5/c1-4-24-7-9-25(10-8-24)14(2)12-22-18(21-3)23-13-15-5-6-16(19)11-17(15)20/h5-6,11,14H,4,7-10,12-13H2,1-3H3,(H2,21,22,23). The van der Waals surface area contributed by atoms with Gasteiger partial charge in [0.1, 0.15) is 0 Å². The molecular formula is C18H29Cl2N5. The van der Waals surface area contributed by atoms with E-state index < -0.39 is 0 Å². The summed E-state index contributed by atoms with van der Waals surface area (Å²) in [7, 11) is 1.78. The smallest absolute Gasteiger partial charge is 0.191 e. The van der Waals surface area contributed by atoms with Gasteiger partial charge in [0.2, 0.25) is 0 Å². The Kier molecular flexibility index (Phi) is 8.30. The van der Waals surface area contributed by atoms with E-state index in [0.717, 1.165) is 50.8 Å². The first-order valence-electron chi connectivity index (χ1n) is 8.88. The van der Waals surface area contributed by atoms with Crippen molar-refractivity contribution in [3.63, 3.8) is 0 Å². The topological polar surface area (TPSA) is 42.9 Å². The van der Waals surface area contributed by atoms with E-state index >= 15 is 0 Å². The lowest BCUT2D eigenvalue weighted by Crippen LogP contribution is -2.53. The highest BCUT2D eigenvalue weighted by molar-refractivity contribution is 6.35. The summed E-state index contributed by atoms with van der Waals surface area (Å²) in [5.41, 5.74) is 0.998. The van der Waals surface area contributed by atoms with Crippen LogP contribution in [-0.4, -0.2) is 68.1 Å². The minimum Gasteiger partial charge on any atom is -0.355 e. The Morgan fingerprint density at radius 3 is 2.52 bits per heavy atom. The maximum Gasteiger partial charge on any atom is 0.191 e. The molecule has 1 saturated heterocycles. The number of nitrogens with zero attached hydrogens (tertiary/aromatic N) is 3. The summed E-state index contributed by atoms with van der Waals surface area (Å²) in [4.78, 5) is 9.31. The first kappa shape index (κ1) is 20.3. The third-order valence-corrected chi connectivity index (χ3v) is 5.31. The maximum atomic E-state index is 6.21. The van der Waals surface area contributed by atoms with Gasteiger partial charge in [-0.15, -0.1) is 0 Å². The number of likely N-dealkylation sites (N-methyl/N-ethyl adjacent to an activating group) is 1. The van der Waals surface area contributed by atoms with E-state index in [9.17, 15) is 0 Å². The van der Waals surface area contributed by atoms with Crippen molar-refractivity contribution in [1.29, 1.82) is 0 Å². The molecule has 1 atom stereocenters. The highest BCUT2D eigenvalue weighted by Gasteiger charge is 2.20. The number of hydrogen-bond donors (Lipinski definition) is 2. The summed E-state index contributed by atoms with van der Waals surface area (Å²) in [5.74, 6) is 0.782. The molecule has 1 fully saturated rings. The largest absolute Gasteiger partial charge is 0.355 e. The molecule has 2 rings (SSSR count). The Morgan fingerprint density at radius 1 is 1.20 bits per heavy atom. The average molecular weight is 386 g/mol. The lowest BCUT2D eigenvalue weighted by Gasteiger charge is -2.37. The minimum atomic E-state index is 0.469. The third kappa shape index (κ3) is 6.33. The van der Waals surface area contributed by atoms with Crippen molar-refractivity contribution in [2.45, 2.75) is 26.4 Å². The van der Waals surface area contributed by atoms with Gasteiger partial charge in [0.25, 0.3) is 0 Å². The molecular weight excluding hydrogens is 357 g/mol. The van der Waals surface area contributed by atoms with Crippen LogP contribution in [0.3, 0.4) is 0 Å². The Balaban J connectivity index is 1.76. The average Bonchev–Trinajstić information content (AvgIpc) is 2.63. The molecule has 0 aromatic heterocycles. The van der Waals surface area contributed by atoms with Gasteiger partial charge in [-0.2, -0.15) is 0 Å². The lowest BCUT2D eigenvalue weighted by atomic mass is 10.2. The quantitative estimate of drug-likeness (QED) is 0.583. The highest BCUT2D eigenvalue weighted by Crippen LogP contribution is 2.20. The Bertz CT molecular complexity index is 571. The molecule has 1 aliphatic rings. The summed E-state index contributed by atoms with van der Waals surface area (Å²) in [6.45, 7) is 11.7. The van der Waals surface area contributed by atoms with Gasteiger partial charge in [-0.3, -0.25) is 9.89 Å². The normalized spacial score (nSPS) is 18.2. The molecule has 0 aliphatic carbocycles. The summed E-state index contributed by atoms with van der Waals surface area (Å²) >= 11 is 12.1. The minimum absolute atomic E-state index is 0.469. The highest BCUT2D eigenvalue weighted by atomic mass is 35.5. The van der Waals surface area contributed by atoms with Crippen LogP contribution in [-0.2, 0) is 6.54 Å². The van der Waals surface area contributed by atoms with Gasteiger partial charge in [0, 0.05) is 62.4 Å². The fourth-order valence-corrected chi connectivity index (χ4v) is 3.43. The van der Waals surface area contributed by atoms with Crippen molar-refractivity contribution < 1.29 is 0 Å². The Labute approximate surface area is 161 Å². The van der Waals surface area contributed by atoms with Crippen LogP contribution in [0.2, 0.25) is 10.0 Å². The van der Waals surface area contributed by atoms with Gasteiger partial charge in [-0.05, 0) is 31.2 Å². The van der Waals surface area contributed by atoms with E-state index in [1.54, 1.807) is 13.1 Å². The predicted molar refractivity (Wildman–Crippen MR) is 108 cm³/mol. The molecule has 0 spiro atoms. The van der Waals surface area contributed by atoms with Gasteiger partial charge in [-0.25, -0.2) is 0 Å². The molecule has 7 heteroatoms. The molecule has 140 valence electrons.